The Labute approximate surface area is 100 Å². The van der Waals surface area contributed by atoms with Gasteiger partial charge in [-0.05, 0) is 43.9 Å². The van der Waals surface area contributed by atoms with Gasteiger partial charge >= 0.3 is 0 Å². The van der Waals surface area contributed by atoms with Crippen molar-refractivity contribution in [3.8, 4) is 0 Å². The van der Waals surface area contributed by atoms with Gasteiger partial charge in [0.1, 0.15) is 5.82 Å². The Morgan fingerprint density at radius 3 is 2.65 bits per heavy atom. The first-order chi connectivity index (χ1) is 8.15. The lowest BCUT2D eigenvalue weighted by Gasteiger charge is -2.26. The summed E-state index contributed by atoms with van der Waals surface area (Å²) in [6, 6.07) is 6.18. The molecule has 3 N–H and O–H groups in total. The maximum absolute atomic E-state index is 13.0. The van der Waals surface area contributed by atoms with Crippen molar-refractivity contribution in [2.24, 2.45) is 5.73 Å². The highest BCUT2D eigenvalue weighted by Gasteiger charge is 2.20. The molecular formula is C13H17FN2O. The van der Waals surface area contributed by atoms with E-state index < -0.39 is 0 Å². The molecule has 0 bridgehead atoms. The summed E-state index contributed by atoms with van der Waals surface area (Å²) in [5.74, 6) is -0.590. The van der Waals surface area contributed by atoms with Crippen LogP contribution in [0.2, 0.25) is 0 Å². The van der Waals surface area contributed by atoms with E-state index in [1.165, 1.54) is 12.1 Å². The topological polar surface area (TPSA) is 55.1 Å². The number of hydrogen-bond acceptors (Lipinski definition) is 2. The van der Waals surface area contributed by atoms with Crippen LogP contribution in [0.1, 0.15) is 36.0 Å². The Morgan fingerprint density at radius 1 is 1.29 bits per heavy atom. The lowest BCUT2D eigenvalue weighted by Crippen LogP contribution is -2.40. The highest BCUT2D eigenvalue weighted by molar-refractivity contribution is 5.94. The van der Waals surface area contributed by atoms with Crippen molar-refractivity contribution >= 4 is 5.91 Å². The molecular weight excluding hydrogens is 219 g/mol. The summed E-state index contributed by atoms with van der Waals surface area (Å²) < 4.78 is 13.0. The first-order valence-corrected chi connectivity index (χ1v) is 5.97. The van der Waals surface area contributed by atoms with Gasteiger partial charge < -0.3 is 11.1 Å². The highest BCUT2D eigenvalue weighted by atomic mass is 19.1. The molecule has 0 radical (unpaired) electrons. The Hall–Kier alpha value is -1.42. The molecule has 3 nitrogen and oxygen atoms in total. The second kappa shape index (κ2) is 5.27. The maximum Gasteiger partial charge on any atom is 0.251 e. The van der Waals surface area contributed by atoms with Crippen molar-refractivity contribution in [2.75, 3.05) is 0 Å². The lowest BCUT2D eigenvalue weighted by molar-refractivity contribution is 0.0925. The molecule has 1 amide bonds. The van der Waals surface area contributed by atoms with Gasteiger partial charge in [-0.1, -0.05) is 6.07 Å². The van der Waals surface area contributed by atoms with Crippen LogP contribution in [0.25, 0.3) is 0 Å². The van der Waals surface area contributed by atoms with E-state index in [4.69, 9.17) is 5.73 Å². The molecule has 0 saturated heterocycles. The molecule has 4 heteroatoms. The summed E-state index contributed by atoms with van der Waals surface area (Å²) in [4.78, 5) is 11.8. The summed E-state index contributed by atoms with van der Waals surface area (Å²) in [5.41, 5.74) is 6.17. The quantitative estimate of drug-likeness (QED) is 0.823. The second-order valence-electron chi connectivity index (χ2n) is 4.60. The average molecular weight is 236 g/mol. The zero-order valence-corrected chi connectivity index (χ0v) is 9.66. The van der Waals surface area contributed by atoms with Crippen molar-refractivity contribution < 1.29 is 9.18 Å². The van der Waals surface area contributed by atoms with Gasteiger partial charge in [-0.3, -0.25) is 4.79 Å². The van der Waals surface area contributed by atoms with Crippen molar-refractivity contribution in [1.82, 2.24) is 5.32 Å². The minimum atomic E-state index is -0.386. The fourth-order valence-corrected chi connectivity index (χ4v) is 2.16. The Kier molecular flexibility index (Phi) is 3.74. The third-order valence-electron chi connectivity index (χ3n) is 3.19. The van der Waals surface area contributed by atoms with Crippen LogP contribution in [0.5, 0.6) is 0 Å². The molecule has 17 heavy (non-hydrogen) atoms. The minimum absolute atomic E-state index is 0.172. The van der Waals surface area contributed by atoms with E-state index in [9.17, 15) is 9.18 Å². The molecule has 0 atom stereocenters. The standard InChI is InChI=1S/C13H17FN2O/c14-10-3-1-2-9(8-10)13(17)16-12-6-4-11(15)5-7-12/h1-3,8,11-12H,4-7,15H2,(H,16,17). The van der Waals surface area contributed by atoms with Gasteiger partial charge in [0.05, 0.1) is 0 Å². The second-order valence-corrected chi connectivity index (χ2v) is 4.60. The van der Waals surface area contributed by atoms with Crippen LogP contribution in [0.3, 0.4) is 0 Å². The molecule has 1 aromatic carbocycles. The Balaban J connectivity index is 1.93. The predicted molar refractivity (Wildman–Crippen MR) is 64.1 cm³/mol. The number of halogens is 1. The fourth-order valence-electron chi connectivity index (χ4n) is 2.16. The number of carbonyl (C=O) groups excluding carboxylic acids is 1. The first-order valence-electron chi connectivity index (χ1n) is 5.97. The largest absolute Gasteiger partial charge is 0.349 e. The molecule has 92 valence electrons. The smallest absolute Gasteiger partial charge is 0.251 e. The molecule has 0 unspecified atom stereocenters. The number of benzene rings is 1. The Morgan fingerprint density at radius 2 is 2.00 bits per heavy atom. The van der Waals surface area contributed by atoms with Gasteiger partial charge in [0.25, 0.3) is 5.91 Å². The molecule has 1 fully saturated rings. The van der Waals surface area contributed by atoms with Gasteiger partial charge in [-0.25, -0.2) is 4.39 Å². The first kappa shape index (κ1) is 12.0. The molecule has 0 spiro atoms. The summed E-state index contributed by atoms with van der Waals surface area (Å²) in [6.07, 6.45) is 3.69. The maximum atomic E-state index is 13.0. The van der Waals surface area contributed by atoms with Crippen LogP contribution in [0, 0.1) is 5.82 Å². The zero-order chi connectivity index (χ0) is 12.3. The van der Waals surface area contributed by atoms with Gasteiger partial charge in [0.15, 0.2) is 0 Å². The van der Waals surface area contributed by atoms with E-state index >= 15 is 0 Å². The van der Waals surface area contributed by atoms with Crippen molar-refractivity contribution in [1.29, 1.82) is 0 Å². The van der Waals surface area contributed by atoms with E-state index in [0.29, 0.717) is 5.56 Å². The molecule has 1 aromatic rings. The van der Waals surface area contributed by atoms with Crippen molar-refractivity contribution in [3.05, 3.63) is 35.6 Å². The third kappa shape index (κ3) is 3.27. The van der Waals surface area contributed by atoms with Crippen LogP contribution in [-0.4, -0.2) is 18.0 Å². The number of hydrogen-bond donors (Lipinski definition) is 2. The van der Waals surface area contributed by atoms with Crippen LogP contribution in [-0.2, 0) is 0 Å². The third-order valence-corrected chi connectivity index (χ3v) is 3.19. The summed E-state index contributed by atoms with van der Waals surface area (Å²) in [6.45, 7) is 0. The van der Waals surface area contributed by atoms with Crippen molar-refractivity contribution in [2.45, 2.75) is 37.8 Å². The van der Waals surface area contributed by atoms with Gasteiger partial charge in [-0.15, -0.1) is 0 Å². The lowest BCUT2D eigenvalue weighted by atomic mass is 9.91. The number of rotatable bonds is 2. The predicted octanol–water partition coefficient (Wildman–Crippen LogP) is 1.83. The molecule has 1 saturated carbocycles. The summed E-state index contributed by atoms with van der Waals surface area (Å²) in [7, 11) is 0. The molecule has 0 aliphatic heterocycles. The summed E-state index contributed by atoms with van der Waals surface area (Å²) >= 11 is 0. The number of amides is 1. The Bertz CT molecular complexity index is 400. The molecule has 0 heterocycles. The van der Waals surface area contributed by atoms with E-state index in [0.717, 1.165) is 25.7 Å². The number of nitrogens with one attached hydrogen (secondary N) is 1. The molecule has 1 aliphatic rings. The number of carbonyl (C=O) groups is 1. The normalized spacial score (nSPS) is 24.4. The SMILES string of the molecule is NC1CCC(NC(=O)c2cccc(F)c2)CC1. The zero-order valence-electron chi connectivity index (χ0n) is 9.66. The van der Waals surface area contributed by atoms with Gasteiger partial charge in [0, 0.05) is 17.6 Å². The highest BCUT2D eigenvalue weighted by Crippen LogP contribution is 2.17. The van der Waals surface area contributed by atoms with E-state index in [1.807, 2.05) is 0 Å². The van der Waals surface area contributed by atoms with E-state index in [-0.39, 0.29) is 23.8 Å². The van der Waals surface area contributed by atoms with Crippen LogP contribution >= 0.6 is 0 Å². The average Bonchev–Trinajstić information content (AvgIpc) is 2.32. The van der Waals surface area contributed by atoms with Gasteiger partial charge in [0.2, 0.25) is 0 Å². The molecule has 2 rings (SSSR count). The minimum Gasteiger partial charge on any atom is -0.349 e. The monoisotopic (exact) mass is 236 g/mol. The van der Waals surface area contributed by atoms with E-state index in [2.05, 4.69) is 5.32 Å². The van der Waals surface area contributed by atoms with Gasteiger partial charge in [-0.2, -0.15) is 0 Å². The summed E-state index contributed by atoms with van der Waals surface area (Å²) in [5, 5.41) is 2.92. The van der Waals surface area contributed by atoms with Crippen LogP contribution in [0.4, 0.5) is 4.39 Å². The van der Waals surface area contributed by atoms with Crippen LogP contribution in [0.15, 0.2) is 24.3 Å². The molecule has 0 aromatic heterocycles. The van der Waals surface area contributed by atoms with Crippen molar-refractivity contribution in [3.63, 3.8) is 0 Å². The number of nitrogens with two attached hydrogens (primary N) is 1. The molecule has 1 aliphatic carbocycles. The van der Waals surface area contributed by atoms with Crippen LogP contribution < -0.4 is 11.1 Å². The van der Waals surface area contributed by atoms with E-state index in [1.54, 1.807) is 12.1 Å². The fraction of sp³-hybridized carbons (Fsp3) is 0.462.